The Morgan fingerprint density at radius 1 is 1.15 bits per heavy atom. The molecule has 0 fully saturated rings. The molecule has 1 aliphatic rings. The summed E-state index contributed by atoms with van der Waals surface area (Å²) in [5.74, 6) is 1.40. The van der Waals surface area contributed by atoms with E-state index in [0.717, 1.165) is 28.3 Å². The van der Waals surface area contributed by atoms with Gasteiger partial charge in [-0.15, -0.1) is 0 Å². The molecule has 0 spiro atoms. The van der Waals surface area contributed by atoms with E-state index in [-0.39, 0.29) is 0 Å². The average Bonchev–Trinajstić information content (AvgIpc) is 3.06. The van der Waals surface area contributed by atoms with Crippen molar-refractivity contribution in [2.75, 3.05) is 13.4 Å². The summed E-state index contributed by atoms with van der Waals surface area (Å²) in [7, 11) is -1.67. The Morgan fingerprint density at radius 2 is 1.89 bits per heavy atom. The van der Waals surface area contributed by atoms with Crippen LogP contribution in [-0.4, -0.2) is 31.3 Å². The smallest absolute Gasteiger partial charge is 0.175 e. The zero-order valence-corrected chi connectivity index (χ0v) is 15.7. The highest BCUT2D eigenvalue weighted by Crippen LogP contribution is 2.34. The van der Waals surface area contributed by atoms with Crippen LogP contribution in [0.1, 0.15) is 17.0 Å². The summed E-state index contributed by atoms with van der Waals surface area (Å²) in [6.07, 6.45) is 2.50. The number of imidazole rings is 1. The highest BCUT2D eigenvalue weighted by atomic mass is 32.2. The van der Waals surface area contributed by atoms with Crippen molar-refractivity contribution in [3.8, 4) is 28.9 Å². The predicted octanol–water partition coefficient (Wildman–Crippen LogP) is 2.92. The van der Waals surface area contributed by atoms with Gasteiger partial charge in [0.25, 0.3) is 0 Å². The molecule has 1 aromatic heterocycles. The van der Waals surface area contributed by atoms with Crippen LogP contribution in [0.5, 0.6) is 5.75 Å². The summed E-state index contributed by atoms with van der Waals surface area (Å²) in [5, 5.41) is 9.51. The van der Waals surface area contributed by atoms with Gasteiger partial charge in [0.1, 0.15) is 17.6 Å². The Bertz CT molecular complexity index is 1190. The van der Waals surface area contributed by atoms with E-state index in [1.807, 2.05) is 28.8 Å². The fourth-order valence-corrected chi connectivity index (χ4v) is 4.10. The minimum Gasteiger partial charge on any atom is -0.497 e. The monoisotopic (exact) mass is 379 g/mol. The van der Waals surface area contributed by atoms with E-state index in [9.17, 15) is 13.7 Å². The van der Waals surface area contributed by atoms with Crippen LogP contribution >= 0.6 is 0 Å². The van der Waals surface area contributed by atoms with Gasteiger partial charge < -0.3 is 4.74 Å². The second kappa shape index (κ2) is 6.25. The van der Waals surface area contributed by atoms with Crippen LogP contribution in [0.15, 0.2) is 47.4 Å². The lowest BCUT2D eigenvalue weighted by molar-refractivity contribution is 0.415. The van der Waals surface area contributed by atoms with E-state index in [2.05, 4.69) is 11.1 Å². The number of rotatable bonds is 3. The van der Waals surface area contributed by atoms with Crippen molar-refractivity contribution in [1.82, 2.24) is 9.55 Å². The highest BCUT2D eigenvalue weighted by molar-refractivity contribution is 7.90. The number of methoxy groups -OCH3 is 1. The van der Waals surface area contributed by atoms with Gasteiger partial charge >= 0.3 is 0 Å². The highest BCUT2D eigenvalue weighted by Gasteiger charge is 2.26. The predicted molar refractivity (Wildman–Crippen MR) is 101 cm³/mol. The molecule has 2 heterocycles. The molecule has 0 atom stereocenters. The number of hydrogen-bond acceptors (Lipinski definition) is 5. The molecular formula is C20H17N3O3S. The molecule has 3 aromatic rings. The van der Waals surface area contributed by atoms with Crippen molar-refractivity contribution in [3.05, 3.63) is 59.4 Å². The van der Waals surface area contributed by atoms with Crippen LogP contribution in [-0.2, 0) is 22.7 Å². The quantitative estimate of drug-likeness (QED) is 0.698. The number of nitriles is 1. The van der Waals surface area contributed by atoms with E-state index in [0.29, 0.717) is 29.3 Å². The van der Waals surface area contributed by atoms with Gasteiger partial charge in [-0.2, -0.15) is 5.26 Å². The molecule has 4 rings (SSSR count). The molecule has 0 N–H and O–H groups in total. The normalized spacial score (nSPS) is 12.8. The summed E-state index contributed by atoms with van der Waals surface area (Å²) >= 11 is 0. The van der Waals surface area contributed by atoms with Gasteiger partial charge in [-0.1, -0.05) is 0 Å². The van der Waals surface area contributed by atoms with Crippen molar-refractivity contribution in [1.29, 1.82) is 5.26 Å². The third-order valence-corrected chi connectivity index (χ3v) is 5.89. The summed E-state index contributed by atoms with van der Waals surface area (Å²) in [4.78, 5) is 4.85. The SMILES string of the molecule is COc1ccc(-c2nc(C#N)c3n2-c2ccc(S(C)(=O)=O)cc2CC3)cc1. The minimum absolute atomic E-state index is 0.302. The van der Waals surface area contributed by atoms with Crippen LogP contribution in [0.25, 0.3) is 17.1 Å². The maximum Gasteiger partial charge on any atom is 0.175 e. The van der Waals surface area contributed by atoms with E-state index in [1.165, 1.54) is 6.26 Å². The number of benzene rings is 2. The van der Waals surface area contributed by atoms with Crippen LogP contribution < -0.4 is 4.74 Å². The lowest BCUT2D eigenvalue weighted by Gasteiger charge is -2.21. The van der Waals surface area contributed by atoms with Gasteiger partial charge in [0.05, 0.1) is 23.4 Å². The molecule has 0 unspecified atom stereocenters. The largest absolute Gasteiger partial charge is 0.497 e. The van der Waals surface area contributed by atoms with Crippen LogP contribution in [0.2, 0.25) is 0 Å². The summed E-state index contributed by atoms with van der Waals surface area (Å²) in [6.45, 7) is 0. The Morgan fingerprint density at radius 3 is 2.52 bits per heavy atom. The molecular weight excluding hydrogens is 362 g/mol. The lowest BCUT2D eigenvalue weighted by atomic mass is 10.0. The number of hydrogen-bond donors (Lipinski definition) is 0. The molecule has 1 aliphatic heterocycles. The van der Waals surface area contributed by atoms with Gasteiger partial charge in [-0.05, 0) is 60.9 Å². The summed E-state index contributed by atoms with van der Waals surface area (Å²) in [5.41, 5.74) is 3.91. The molecule has 0 saturated carbocycles. The van der Waals surface area contributed by atoms with Gasteiger partial charge in [0.15, 0.2) is 15.5 Å². The Hall–Kier alpha value is -3.11. The van der Waals surface area contributed by atoms with Crippen LogP contribution in [0.4, 0.5) is 0 Å². The van der Waals surface area contributed by atoms with E-state index >= 15 is 0 Å². The Labute approximate surface area is 157 Å². The fourth-order valence-electron chi connectivity index (χ4n) is 3.43. The van der Waals surface area contributed by atoms with Crippen LogP contribution in [0, 0.1) is 11.3 Å². The number of aromatic nitrogens is 2. The first-order valence-electron chi connectivity index (χ1n) is 8.42. The van der Waals surface area contributed by atoms with Crippen molar-refractivity contribution in [2.45, 2.75) is 17.7 Å². The zero-order valence-electron chi connectivity index (χ0n) is 14.9. The van der Waals surface area contributed by atoms with Crippen molar-refractivity contribution >= 4 is 9.84 Å². The molecule has 0 aliphatic carbocycles. The topological polar surface area (TPSA) is 85.0 Å². The molecule has 6 nitrogen and oxygen atoms in total. The zero-order chi connectivity index (χ0) is 19.2. The maximum absolute atomic E-state index is 11.9. The standard InChI is InChI=1S/C20H17N3O3S/c1-26-15-6-3-13(4-7-15)20-22-17(12-21)19-9-5-14-11-16(27(2,24)25)8-10-18(14)23(19)20/h3-4,6-8,10-11H,5,9H2,1-2H3. The average molecular weight is 379 g/mol. The minimum atomic E-state index is -3.27. The number of sulfone groups is 1. The summed E-state index contributed by atoms with van der Waals surface area (Å²) in [6, 6.07) is 14.8. The van der Waals surface area contributed by atoms with Gasteiger partial charge in [0.2, 0.25) is 0 Å². The number of aryl methyl sites for hydroxylation is 1. The first-order valence-corrected chi connectivity index (χ1v) is 10.3. The van der Waals surface area contributed by atoms with Gasteiger partial charge in [0, 0.05) is 11.8 Å². The van der Waals surface area contributed by atoms with Crippen molar-refractivity contribution in [3.63, 3.8) is 0 Å². The van der Waals surface area contributed by atoms with E-state index in [1.54, 1.807) is 25.3 Å². The van der Waals surface area contributed by atoms with E-state index in [4.69, 9.17) is 4.74 Å². The first kappa shape index (κ1) is 17.3. The molecule has 0 saturated heterocycles. The molecule has 7 heteroatoms. The number of fused-ring (bicyclic) bond motifs is 3. The molecule has 27 heavy (non-hydrogen) atoms. The number of nitrogens with zero attached hydrogens (tertiary/aromatic N) is 3. The van der Waals surface area contributed by atoms with E-state index < -0.39 is 9.84 Å². The lowest BCUT2D eigenvalue weighted by Crippen LogP contribution is -2.14. The van der Waals surface area contributed by atoms with Crippen molar-refractivity contribution < 1.29 is 13.2 Å². The third kappa shape index (κ3) is 2.88. The second-order valence-electron chi connectivity index (χ2n) is 6.47. The first-order chi connectivity index (χ1) is 12.9. The van der Waals surface area contributed by atoms with Crippen molar-refractivity contribution in [2.24, 2.45) is 0 Å². The number of ether oxygens (including phenoxy) is 1. The molecule has 136 valence electrons. The molecule has 0 radical (unpaired) electrons. The van der Waals surface area contributed by atoms with Gasteiger partial charge in [-0.3, -0.25) is 4.57 Å². The maximum atomic E-state index is 11.9. The molecule has 0 amide bonds. The third-order valence-electron chi connectivity index (χ3n) is 4.78. The van der Waals surface area contributed by atoms with Crippen LogP contribution in [0.3, 0.4) is 0 Å². The Balaban J connectivity index is 1.93. The summed E-state index contributed by atoms with van der Waals surface area (Å²) < 4.78 is 31.0. The Kier molecular flexibility index (Phi) is 4.01. The second-order valence-corrected chi connectivity index (χ2v) is 8.48. The molecule has 2 aromatic carbocycles. The fraction of sp³-hybridized carbons (Fsp3) is 0.200. The van der Waals surface area contributed by atoms with Gasteiger partial charge in [-0.25, -0.2) is 13.4 Å². The molecule has 0 bridgehead atoms.